The fourth-order valence-electron chi connectivity index (χ4n) is 4.53. The highest BCUT2D eigenvalue weighted by molar-refractivity contribution is 6.09. The number of carbonyl (C=O) groups is 1. The predicted molar refractivity (Wildman–Crippen MR) is 143 cm³/mol. The van der Waals surface area contributed by atoms with Gasteiger partial charge in [0, 0.05) is 36.3 Å². The molecule has 0 aliphatic heterocycles. The number of benzene rings is 1. The molecule has 0 spiro atoms. The normalized spacial score (nSPS) is 15.0. The van der Waals surface area contributed by atoms with Gasteiger partial charge in [0.15, 0.2) is 0 Å². The van der Waals surface area contributed by atoms with E-state index in [9.17, 15) is 9.90 Å². The van der Waals surface area contributed by atoms with E-state index in [2.05, 4.69) is 30.9 Å². The number of tetrazole rings is 1. The van der Waals surface area contributed by atoms with Crippen LogP contribution >= 0.6 is 0 Å². The molecule has 5 aromatic rings. The van der Waals surface area contributed by atoms with Crippen LogP contribution in [0.2, 0.25) is 0 Å². The van der Waals surface area contributed by atoms with Gasteiger partial charge in [0.2, 0.25) is 5.82 Å². The summed E-state index contributed by atoms with van der Waals surface area (Å²) in [6.45, 7) is 4.12. The van der Waals surface area contributed by atoms with E-state index in [0.29, 0.717) is 28.6 Å². The van der Waals surface area contributed by atoms with Crippen molar-refractivity contribution in [1.82, 2.24) is 39.6 Å². The monoisotopic (exact) mass is 527 g/mol. The third-order valence-electron chi connectivity index (χ3n) is 6.74. The molecule has 12 nitrogen and oxygen atoms in total. The minimum Gasteiger partial charge on any atom is -0.386 e. The molecule has 1 aliphatic carbocycles. The van der Waals surface area contributed by atoms with Crippen LogP contribution in [0.3, 0.4) is 0 Å². The largest absolute Gasteiger partial charge is 0.386 e. The smallest absolute Gasteiger partial charge is 0.259 e. The summed E-state index contributed by atoms with van der Waals surface area (Å²) in [5.41, 5.74) is 4.15. The number of ether oxygens (including phenoxy) is 1. The molecule has 1 fully saturated rings. The molecule has 39 heavy (non-hydrogen) atoms. The average Bonchev–Trinajstić information content (AvgIpc) is 3.27. The van der Waals surface area contributed by atoms with E-state index in [1.165, 1.54) is 0 Å². The summed E-state index contributed by atoms with van der Waals surface area (Å²) >= 11 is 0. The molecule has 6 rings (SSSR count). The van der Waals surface area contributed by atoms with Gasteiger partial charge in [-0.2, -0.15) is 15.0 Å². The van der Waals surface area contributed by atoms with Crippen LogP contribution in [0.4, 0.5) is 5.69 Å². The van der Waals surface area contributed by atoms with Gasteiger partial charge in [-0.3, -0.25) is 9.48 Å². The molecule has 1 saturated carbocycles. The number of carbonyl (C=O) groups excluding carboxylic acids is 1. The molecule has 2 N–H and O–H groups in total. The van der Waals surface area contributed by atoms with Crippen LogP contribution in [0, 0.1) is 6.92 Å². The molecule has 1 amide bonds. The molecule has 200 valence electrons. The number of hydrogen-bond donors (Lipinski definition) is 2. The third kappa shape index (κ3) is 5.16. The minimum absolute atomic E-state index is 0.196. The molecular weight excluding hydrogens is 498 g/mol. The zero-order chi connectivity index (χ0) is 27.1. The van der Waals surface area contributed by atoms with Crippen molar-refractivity contribution < 1.29 is 14.6 Å². The Balaban J connectivity index is 1.24. The zero-order valence-electron chi connectivity index (χ0n) is 21.9. The number of aliphatic hydroxyl groups is 1. The number of anilines is 1. The molecule has 1 aliphatic rings. The van der Waals surface area contributed by atoms with Crippen molar-refractivity contribution in [2.75, 3.05) is 19.0 Å². The molecule has 4 aromatic heterocycles. The highest BCUT2D eigenvalue weighted by atomic mass is 16.5. The van der Waals surface area contributed by atoms with Gasteiger partial charge in [-0.1, -0.05) is 12.1 Å². The summed E-state index contributed by atoms with van der Waals surface area (Å²) in [5, 5.41) is 35.1. The summed E-state index contributed by atoms with van der Waals surface area (Å²) in [5.74, 6) is 0.255. The summed E-state index contributed by atoms with van der Waals surface area (Å²) in [7, 11) is 1.55. The van der Waals surface area contributed by atoms with E-state index in [1.807, 2.05) is 43.5 Å². The Morgan fingerprint density at radius 3 is 2.79 bits per heavy atom. The van der Waals surface area contributed by atoms with Crippen molar-refractivity contribution in [3.05, 3.63) is 66.2 Å². The van der Waals surface area contributed by atoms with Crippen LogP contribution in [0.15, 0.2) is 55.1 Å². The standard InChI is InChI=1S/C27H29N9O3/c1-17-4-5-19(25-31-33-36(32-25)21-6-7-21)10-23(17)30-26(37)22-13-29-35-9-8-18(11-24(22)35)20-12-28-34(14-20)15-27(2,38)16-39-3/h4-5,8-14,21,38H,6-7,15-16H2,1-3H3,(H,30,37)/t27-/m0/s1. The van der Waals surface area contributed by atoms with Crippen LogP contribution in [0.5, 0.6) is 0 Å². The van der Waals surface area contributed by atoms with Crippen LogP contribution in [-0.4, -0.2) is 69.9 Å². The van der Waals surface area contributed by atoms with Gasteiger partial charge >= 0.3 is 0 Å². The van der Waals surface area contributed by atoms with E-state index in [1.54, 1.807) is 46.6 Å². The van der Waals surface area contributed by atoms with E-state index in [4.69, 9.17) is 4.74 Å². The first-order valence-corrected chi connectivity index (χ1v) is 12.7. The number of pyridine rings is 1. The lowest BCUT2D eigenvalue weighted by Gasteiger charge is -2.21. The van der Waals surface area contributed by atoms with Crippen molar-refractivity contribution >= 4 is 17.1 Å². The Morgan fingerprint density at radius 2 is 2.00 bits per heavy atom. The second kappa shape index (κ2) is 9.71. The zero-order valence-corrected chi connectivity index (χ0v) is 21.9. The number of nitrogens with zero attached hydrogens (tertiary/aromatic N) is 8. The van der Waals surface area contributed by atoms with Gasteiger partial charge in [0.1, 0.15) is 5.60 Å². The fraction of sp³-hybridized carbons (Fsp3) is 0.333. The fourth-order valence-corrected chi connectivity index (χ4v) is 4.53. The Labute approximate surface area is 224 Å². The highest BCUT2D eigenvalue weighted by Gasteiger charge is 2.27. The lowest BCUT2D eigenvalue weighted by atomic mass is 10.1. The maximum absolute atomic E-state index is 13.4. The van der Waals surface area contributed by atoms with Crippen molar-refractivity contribution in [3.8, 4) is 22.5 Å². The molecule has 0 unspecified atom stereocenters. The van der Waals surface area contributed by atoms with Gasteiger partial charge in [0.25, 0.3) is 5.91 Å². The van der Waals surface area contributed by atoms with Gasteiger partial charge < -0.3 is 15.2 Å². The van der Waals surface area contributed by atoms with E-state index in [-0.39, 0.29) is 19.1 Å². The van der Waals surface area contributed by atoms with Crippen molar-refractivity contribution in [2.45, 2.75) is 44.9 Å². The Morgan fingerprint density at radius 1 is 1.15 bits per heavy atom. The number of methoxy groups -OCH3 is 1. The summed E-state index contributed by atoms with van der Waals surface area (Å²) in [4.78, 5) is 15.1. The average molecular weight is 528 g/mol. The maximum Gasteiger partial charge on any atom is 0.259 e. The van der Waals surface area contributed by atoms with Gasteiger partial charge in [-0.15, -0.1) is 10.2 Å². The third-order valence-corrected chi connectivity index (χ3v) is 6.74. The predicted octanol–water partition coefficient (Wildman–Crippen LogP) is 3.14. The molecule has 0 radical (unpaired) electrons. The highest BCUT2D eigenvalue weighted by Crippen LogP contribution is 2.33. The molecule has 4 heterocycles. The Hall–Kier alpha value is -4.42. The van der Waals surface area contributed by atoms with Gasteiger partial charge in [-0.05, 0) is 61.2 Å². The number of nitrogens with one attached hydrogen (secondary N) is 1. The number of amides is 1. The topological polar surface area (TPSA) is 137 Å². The summed E-state index contributed by atoms with van der Waals surface area (Å²) < 4.78 is 8.43. The van der Waals surface area contributed by atoms with Crippen molar-refractivity contribution in [2.24, 2.45) is 0 Å². The minimum atomic E-state index is -1.04. The first kappa shape index (κ1) is 24.9. The Kier molecular flexibility index (Phi) is 6.20. The molecular formula is C27H29N9O3. The maximum atomic E-state index is 13.4. The first-order chi connectivity index (χ1) is 18.8. The lowest BCUT2D eigenvalue weighted by molar-refractivity contribution is -0.0308. The molecule has 0 bridgehead atoms. The molecule has 1 atom stereocenters. The first-order valence-electron chi connectivity index (χ1n) is 12.7. The molecule has 0 saturated heterocycles. The SMILES string of the molecule is COC[C@@](C)(O)Cn1cc(-c2ccn3ncc(C(=O)Nc4cc(-c5nnn(C6CC6)n5)ccc4C)c3c2)cn1. The number of aryl methyl sites for hydroxylation is 1. The van der Waals surface area contributed by atoms with Gasteiger partial charge in [-0.25, -0.2) is 4.52 Å². The van der Waals surface area contributed by atoms with E-state index >= 15 is 0 Å². The van der Waals surface area contributed by atoms with E-state index < -0.39 is 5.60 Å². The van der Waals surface area contributed by atoms with E-state index in [0.717, 1.165) is 35.1 Å². The summed E-state index contributed by atoms with van der Waals surface area (Å²) in [6.07, 6.45) is 9.10. The van der Waals surface area contributed by atoms with Crippen LogP contribution in [0.25, 0.3) is 28.0 Å². The van der Waals surface area contributed by atoms with Crippen molar-refractivity contribution in [1.29, 1.82) is 0 Å². The van der Waals surface area contributed by atoms with Crippen molar-refractivity contribution in [3.63, 3.8) is 0 Å². The number of rotatable bonds is 9. The molecule has 12 heteroatoms. The lowest BCUT2D eigenvalue weighted by Crippen LogP contribution is -2.35. The van der Waals surface area contributed by atoms with Crippen LogP contribution < -0.4 is 5.32 Å². The second-order valence-electron chi connectivity index (χ2n) is 10.3. The quantitative estimate of drug-likeness (QED) is 0.298. The van der Waals surface area contributed by atoms with Crippen LogP contribution in [0.1, 0.15) is 41.7 Å². The molecule has 1 aromatic carbocycles. The Bertz CT molecular complexity index is 1660. The van der Waals surface area contributed by atoms with Gasteiger partial charge in [0.05, 0.1) is 42.7 Å². The number of hydrogen-bond acceptors (Lipinski definition) is 8. The number of aromatic nitrogens is 8. The second-order valence-corrected chi connectivity index (χ2v) is 10.3. The number of fused-ring (bicyclic) bond motifs is 1. The summed E-state index contributed by atoms with van der Waals surface area (Å²) in [6, 6.07) is 9.88. The van der Waals surface area contributed by atoms with Crippen LogP contribution in [-0.2, 0) is 11.3 Å².